The van der Waals surface area contributed by atoms with Gasteiger partial charge in [-0.15, -0.1) is 0 Å². The van der Waals surface area contributed by atoms with Crippen molar-refractivity contribution in [3.05, 3.63) is 71.3 Å². The average molecular weight is 506 g/mol. The molecule has 1 aliphatic carbocycles. The summed E-state index contributed by atoms with van der Waals surface area (Å²) >= 11 is 0. The summed E-state index contributed by atoms with van der Waals surface area (Å²) in [6.45, 7) is 4.78. The Balaban J connectivity index is 1.69. The molecule has 37 heavy (non-hydrogen) atoms. The number of aryl methyl sites for hydroxylation is 1. The second-order valence-electron chi connectivity index (χ2n) is 11.2. The van der Waals surface area contributed by atoms with E-state index in [1.54, 1.807) is 13.8 Å². The third-order valence-electron chi connectivity index (χ3n) is 8.13. The van der Waals surface area contributed by atoms with E-state index in [9.17, 15) is 19.5 Å². The summed E-state index contributed by atoms with van der Waals surface area (Å²) in [5.41, 5.74) is 7.73. The number of carboxylic acid groups (broad SMARTS) is 1. The molecule has 1 fully saturated rings. The predicted octanol–water partition coefficient (Wildman–Crippen LogP) is 3.31. The summed E-state index contributed by atoms with van der Waals surface area (Å²) in [7, 11) is 0. The molecule has 5 N–H and O–H groups in total. The average Bonchev–Trinajstić information content (AvgIpc) is 3.11. The molecule has 1 aliphatic heterocycles. The summed E-state index contributed by atoms with van der Waals surface area (Å²) in [6.07, 6.45) is 3.36. The highest BCUT2D eigenvalue weighted by atomic mass is 16.4. The van der Waals surface area contributed by atoms with Gasteiger partial charge in [-0.3, -0.25) is 14.4 Å². The number of nitrogens with two attached hydrogens (primary N) is 1. The van der Waals surface area contributed by atoms with Gasteiger partial charge in [0.1, 0.15) is 0 Å². The van der Waals surface area contributed by atoms with Crippen LogP contribution in [-0.4, -0.2) is 47.4 Å². The first-order valence-corrected chi connectivity index (χ1v) is 13.3. The van der Waals surface area contributed by atoms with Gasteiger partial charge in [-0.25, -0.2) is 0 Å². The van der Waals surface area contributed by atoms with Gasteiger partial charge >= 0.3 is 5.97 Å². The van der Waals surface area contributed by atoms with Crippen molar-refractivity contribution in [3.63, 3.8) is 0 Å². The number of aliphatic carboxylic acids is 1. The zero-order valence-corrected chi connectivity index (χ0v) is 21.8. The predicted molar refractivity (Wildman–Crippen MR) is 143 cm³/mol. The lowest BCUT2D eigenvalue weighted by molar-refractivity contribution is -0.139. The van der Waals surface area contributed by atoms with Gasteiger partial charge in [0.2, 0.25) is 5.91 Å². The molecule has 0 aromatic heterocycles. The van der Waals surface area contributed by atoms with E-state index in [4.69, 9.17) is 5.73 Å². The van der Waals surface area contributed by atoms with E-state index in [0.717, 1.165) is 43.5 Å². The molecule has 1 spiro atoms. The van der Waals surface area contributed by atoms with E-state index >= 15 is 0 Å². The van der Waals surface area contributed by atoms with Crippen LogP contribution < -0.4 is 16.4 Å². The summed E-state index contributed by atoms with van der Waals surface area (Å²) < 4.78 is 0. The molecule has 4 rings (SSSR count). The largest absolute Gasteiger partial charge is 0.481 e. The number of amides is 1. The van der Waals surface area contributed by atoms with E-state index < -0.39 is 34.8 Å². The molecule has 2 aromatic carbocycles. The maximum absolute atomic E-state index is 14.5. The lowest BCUT2D eigenvalue weighted by Crippen LogP contribution is -2.57. The summed E-state index contributed by atoms with van der Waals surface area (Å²) in [6, 6.07) is 17.3. The Hall–Kier alpha value is -3.03. The van der Waals surface area contributed by atoms with Crippen molar-refractivity contribution in [2.75, 3.05) is 13.1 Å². The van der Waals surface area contributed by atoms with Gasteiger partial charge in [-0.2, -0.15) is 0 Å². The van der Waals surface area contributed by atoms with Crippen LogP contribution in [0.3, 0.4) is 0 Å². The Morgan fingerprint density at radius 1 is 1.08 bits per heavy atom. The minimum atomic E-state index is -1.14. The SMILES string of the molecule is CC(C)(N)C(=O)N[C@H](CCCc1ccccc1)C(=O)C1C(CC(=O)O)c2ccccc2C12CCNCC2. The lowest BCUT2D eigenvalue weighted by Gasteiger charge is -2.42. The quantitative estimate of drug-likeness (QED) is 0.393. The number of fused-ring (bicyclic) bond motifs is 2. The second kappa shape index (κ2) is 11.2. The number of carboxylic acids is 1. The van der Waals surface area contributed by atoms with Crippen LogP contribution >= 0.6 is 0 Å². The van der Waals surface area contributed by atoms with Crippen LogP contribution in [0, 0.1) is 5.92 Å². The standard InChI is InChI=1S/C30H39N3O4/c1-29(2,31)28(37)33-24(14-8-11-20-9-4-3-5-10-20)27(36)26-22(19-25(34)35)21-12-6-7-13-23(21)30(26)15-17-32-18-16-30/h3-7,9-10,12-13,22,24,26,32H,8,11,14-19,31H2,1-2H3,(H,33,37)(H,34,35)/t22?,24-,26?/m1/s1. The normalized spacial score (nSPS) is 21.3. The molecule has 2 aromatic rings. The molecule has 0 bridgehead atoms. The van der Waals surface area contributed by atoms with Crippen LogP contribution in [0.4, 0.5) is 0 Å². The molecule has 2 unspecified atom stereocenters. The number of hydrogen-bond acceptors (Lipinski definition) is 5. The maximum Gasteiger partial charge on any atom is 0.303 e. The van der Waals surface area contributed by atoms with Crippen LogP contribution in [0.15, 0.2) is 54.6 Å². The minimum absolute atomic E-state index is 0.0741. The maximum atomic E-state index is 14.5. The van der Waals surface area contributed by atoms with Gasteiger partial charge in [0.25, 0.3) is 0 Å². The van der Waals surface area contributed by atoms with Crippen LogP contribution in [0.1, 0.15) is 68.6 Å². The van der Waals surface area contributed by atoms with E-state index in [2.05, 4.69) is 28.8 Å². The fourth-order valence-electron chi connectivity index (χ4n) is 6.35. The molecular formula is C30H39N3O4. The van der Waals surface area contributed by atoms with E-state index in [1.165, 1.54) is 5.56 Å². The van der Waals surface area contributed by atoms with Gasteiger partial charge < -0.3 is 21.5 Å². The molecule has 2 aliphatic rings. The first-order valence-electron chi connectivity index (χ1n) is 13.3. The van der Waals surface area contributed by atoms with Crippen molar-refractivity contribution in [2.24, 2.45) is 11.7 Å². The summed E-state index contributed by atoms with van der Waals surface area (Å²) in [5.74, 6) is -2.33. The number of Topliss-reactive ketones (excluding diaryl/α,β-unsaturated/α-hetero) is 1. The van der Waals surface area contributed by atoms with Crippen molar-refractivity contribution in [3.8, 4) is 0 Å². The summed E-state index contributed by atoms with van der Waals surface area (Å²) in [5, 5.41) is 16.2. The summed E-state index contributed by atoms with van der Waals surface area (Å²) in [4.78, 5) is 39.5. The number of nitrogens with one attached hydrogen (secondary N) is 2. The smallest absolute Gasteiger partial charge is 0.303 e. The fourth-order valence-corrected chi connectivity index (χ4v) is 6.35. The fraction of sp³-hybridized carbons (Fsp3) is 0.500. The number of carbonyl (C=O) groups excluding carboxylic acids is 2. The van der Waals surface area contributed by atoms with Crippen molar-refractivity contribution in [1.29, 1.82) is 0 Å². The number of rotatable bonds is 10. The van der Waals surface area contributed by atoms with Gasteiger partial charge in [0, 0.05) is 17.3 Å². The first-order chi connectivity index (χ1) is 17.6. The Kier molecular flexibility index (Phi) is 8.14. The highest BCUT2D eigenvalue weighted by Crippen LogP contribution is 2.56. The molecule has 7 heteroatoms. The number of hydrogen-bond donors (Lipinski definition) is 4. The van der Waals surface area contributed by atoms with Crippen LogP contribution in [0.5, 0.6) is 0 Å². The molecule has 3 atom stereocenters. The zero-order chi connectivity index (χ0) is 26.6. The van der Waals surface area contributed by atoms with E-state index in [1.807, 2.05) is 36.4 Å². The Morgan fingerprint density at radius 2 is 1.73 bits per heavy atom. The third-order valence-corrected chi connectivity index (χ3v) is 8.13. The third kappa shape index (κ3) is 5.78. The topological polar surface area (TPSA) is 122 Å². The number of ketones is 1. The number of benzene rings is 2. The van der Waals surface area contributed by atoms with Crippen LogP contribution in [0.2, 0.25) is 0 Å². The monoisotopic (exact) mass is 505 g/mol. The van der Waals surface area contributed by atoms with E-state index in [0.29, 0.717) is 12.8 Å². The lowest BCUT2D eigenvalue weighted by atomic mass is 9.64. The van der Waals surface area contributed by atoms with Gasteiger partial charge in [0.05, 0.1) is 18.0 Å². The van der Waals surface area contributed by atoms with Crippen LogP contribution in [-0.2, 0) is 26.2 Å². The van der Waals surface area contributed by atoms with Crippen molar-refractivity contribution in [2.45, 2.75) is 75.3 Å². The van der Waals surface area contributed by atoms with Crippen LogP contribution in [0.25, 0.3) is 0 Å². The molecule has 1 amide bonds. The van der Waals surface area contributed by atoms with Crippen molar-refractivity contribution < 1.29 is 19.5 Å². The van der Waals surface area contributed by atoms with Gasteiger partial charge in [-0.05, 0) is 75.7 Å². The van der Waals surface area contributed by atoms with Gasteiger partial charge in [0.15, 0.2) is 5.78 Å². The first kappa shape index (κ1) is 27.0. The molecule has 0 saturated carbocycles. The highest BCUT2D eigenvalue weighted by molar-refractivity contribution is 5.95. The Labute approximate surface area is 219 Å². The zero-order valence-electron chi connectivity index (χ0n) is 21.8. The van der Waals surface area contributed by atoms with Crippen molar-refractivity contribution >= 4 is 17.7 Å². The van der Waals surface area contributed by atoms with Gasteiger partial charge in [-0.1, -0.05) is 54.6 Å². The molecular weight excluding hydrogens is 466 g/mol. The molecule has 7 nitrogen and oxygen atoms in total. The number of piperidine rings is 1. The van der Waals surface area contributed by atoms with E-state index in [-0.39, 0.29) is 18.1 Å². The Morgan fingerprint density at radius 3 is 2.38 bits per heavy atom. The molecule has 1 heterocycles. The minimum Gasteiger partial charge on any atom is -0.481 e. The second-order valence-corrected chi connectivity index (χ2v) is 11.2. The highest BCUT2D eigenvalue weighted by Gasteiger charge is 2.56. The molecule has 1 saturated heterocycles. The molecule has 0 radical (unpaired) electrons. The Bertz CT molecular complexity index is 1120. The number of carbonyl (C=O) groups is 3. The van der Waals surface area contributed by atoms with Crippen molar-refractivity contribution in [1.82, 2.24) is 10.6 Å². The molecule has 198 valence electrons.